The van der Waals surface area contributed by atoms with Crippen molar-refractivity contribution in [3.63, 3.8) is 0 Å². The molecule has 0 N–H and O–H groups in total. The fourth-order valence-electron chi connectivity index (χ4n) is 4.44. The van der Waals surface area contributed by atoms with Crippen molar-refractivity contribution in [2.75, 3.05) is 42.6 Å². The van der Waals surface area contributed by atoms with Crippen LogP contribution in [0.1, 0.15) is 24.5 Å². The van der Waals surface area contributed by atoms with Gasteiger partial charge in [-0.3, -0.25) is 14.3 Å². The average molecular weight is 436 g/mol. The highest BCUT2D eigenvalue weighted by Gasteiger charge is 2.26. The predicted molar refractivity (Wildman–Crippen MR) is 121 cm³/mol. The number of hydrogen-bond donors (Lipinski definition) is 0. The van der Waals surface area contributed by atoms with Crippen molar-refractivity contribution in [3.8, 4) is 11.3 Å². The molecule has 0 unspecified atom stereocenters. The smallest absolute Gasteiger partial charge is 0.255 e. The van der Waals surface area contributed by atoms with Gasteiger partial charge in [-0.25, -0.2) is 9.37 Å². The van der Waals surface area contributed by atoms with Gasteiger partial charge >= 0.3 is 0 Å². The molecule has 4 heterocycles. The Hall–Kier alpha value is -3.26. The van der Waals surface area contributed by atoms with Crippen molar-refractivity contribution in [1.29, 1.82) is 0 Å². The molecule has 7 nitrogen and oxygen atoms in total. The lowest BCUT2D eigenvalue weighted by atomic mass is 10.1. The third kappa shape index (κ3) is 3.98. The van der Waals surface area contributed by atoms with Crippen LogP contribution in [0, 0.1) is 5.82 Å². The number of morpholine rings is 1. The monoisotopic (exact) mass is 435 g/mol. The molecule has 3 aromatic rings. The summed E-state index contributed by atoms with van der Waals surface area (Å²) in [6.45, 7) is 3.90. The molecule has 2 aromatic heterocycles. The van der Waals surface area contributed by atoms with Crippen molar-refractivity contribution in [2.45, 2.75) is 18.9 Å². The van der Waals surface area contributed by atoms with Gasteiger partial charge in [-0.1, -0.05) is 12.1 Å². The minimum Gasteiger partial charge on any atom is -0.372 e. The van der Waals surface area contributed by atoms with Crippen molar-refractivity contribution in [1.82, 2.24) is 14.5 Å². The average Bonchev–Trinajstić information content (AvgIpc) is 3.36. The van der Waals surface area contributed by atoms with E-state index in [0.717, 1.165) is 24.8 Å². The lowest BCUT2D eigenvalue weighted by molar-refractivity contribution is 0.0390. The van der Waals surface area contributed by atoms with Crippen molar-refractivity contribution >= 4 is 11.6 Å². The molecule has 2 aliphatic heterocycles. The van der Waals surface area contributed by atoms with E-state index in [1.54, 1.807) is 7.05 Å². The molecule has 2 saturated heterocycles. The van der Waals surface area contributed by atoms with E-state index in [-0.39, 0.29) is 17.2 Å². The molecule has 0 radical (unpaired) electrons. The summed E-state index contributed by atoms with van der Waals surface area (Å²) in [4.78, 5) is 25.5. The molecular formula is C24H26FN5O2. The molecule has 0 saturated carbocycles. The number of rotatable bonds is 4. The Bertz CT molecular complexity index is 1160. The molecule has 1 aromatic carbocycles. The zero-order valence-corrected chi connectivity index (χ0v) is 18.1. The summed E-state index contributed by atoms with van der Waals surface area (Å²) in [6, 6.07) is 11.4. The number of ether oxygens (including phenoxy) is 1. The van der Waals surface area contributed by atoms with Gasteiger partial charge in [-0.2, -0.15) is 0 Å². The third-order valence-corrected chi connectivity index (χ3v) is 6.25. The number of halogens is 1. The second-order valence-corrected chi connectivity index (χ2v) is 8.29. The second-order valence-electron chi connectivity index (χ2n) is 8.29. The van der Waals surface area contributed by atoms with E-state index >= 15 is 0 Å². The van der Waals surface area contributed by atoms with Gasteiger partial charge in [0.25, 0.3) is 5.56 Å². The Kier molecular flexibility index (Phi) is 5.61. The first-order chi connectivity index (χ1) is 15.6. The van der Waals surface area contributed by atoms with Gasteiger partial charge in [0.1, 0.15) is 6.10 Å². The highest BCUT2D eigenvalue weighted by atomic mass is 19.1. The van der Waals surface area contributed by atoms with E-state index in [1.807, 2.05) is 4.90 Å². The van der Waals surface area contributed by atoms with E-state index in [9.17, 15) is 9.18 Å². The van der Waals surface area contributed by atoms with Crippen LogP contribution in [0.4, 0.5) is 16.0 Å². The van der Waals surface area contributed by atoms with Crippen LogP contribution >= 0.6 is 0 Å². The lowest BCUT2D eigenvalue weighted by Gasteiger charge is -2.34. The Balaban J connectivity index is 1.40. The molecule has 1 atom stereocenters. The largest absolute Gasteiger partial charge is 0.372 e. The molecular weight excluding hydrogens is 409 g/mol. The first-order valence-corrected chi connectivity index (χ1v) is 11.0. The molecule has 0 amide bonds. The molecule has 2 fully saturated rings. The second kappa shape index (κ2) is 8.70. The molecule has 5 rings (SSSR count). The maximum Gasteiger partial charge on any atom is 0.255 e. The van der Waals surface area contributed by atoms with Gasteiger partial charge in [0.2, 0.25) is 5.95 Å². The standard InChI is InChI=1S/C24H26FN5O2/c1-28-23(31)14-21(19-8-9-26-15-20(19)25)27-24(28)30-12-13-32-22(16-30)17-4-6-18(7-5-17)29-10-2-3-11-29/h4-9,14-15,22H,2-3,10-13,16H2,1H3/t22-/m1/s1. The van der Waals surface area contributed by atoms with Gasteiger partial charge in [0, 0.05) is 50.2 Å². The maximum absolute atomic E-state index is 14.3. The molecule has 8 heteroatoms. The fourth-order valence-corrected chi connectivity index (χ4v) is 4.44. The highest BCUT2D eigenvalue weighted by Crippen LogP contribution is 2.28. The number of benzene rings is 1. The van der Waals surface area contributed by atoms with E-state index in [4.69, 9.17) is 4.74 Å². The summed E-state index contributed by atoms with van der Waals surface area (Å²) in [5.41, 5.74) is 2.68. The predicted octanol–water partition coefficient (Wildman–Crippen LogP) is 3.16. The van der Waals surface area contributed by atoms with E-state index in [0.29, 0.717) is 31.3 Å². The third-order valence-electron chi connectivity index (χ3n) is 6.25. The maximum atomic E-state index is 14.3. The van der Waals surface area contributed by atoms with Crippen LogP contribution in [0.3, 0.4) is 0 Å². The van der Waals surface area contributed by atoms with Crippen molar-refractivity contribution in [2.24, 2.45) is 7.05 Å². The van der Waals surface area contributed by atoms with Gasteiger partial charge in [0.15, 0.2) is 5.82 Å². The summed E-state index contributed by atoms with van der Waals surface area (Å²) < 4.78 is 21.8. The lowest BCUT2D eigenvalue weighted by Crippen LogP contribution is -2.41. The van der Waals surface area contributed by atoms with Crippen LogP contribution in [0.2, 0.25) is 0 Å². The van der Waals surface area contributed by atoms with Gasteiger partial charge in [-0.05, 0) is 36.6 Å². The summed E-state index contributed by atoms with van der Waals surface area (Å²) in [5, 5.41) is 0. The van der Waals surface area contributed by atoms with Crippen LogP contribution < -0.4 is 15.4 Å². The first kappa shape index (κ1) is 20.6. The van der Waals surface area contributed by atoms with Gasteiger partial charge in [-0.15, -0.1) is 0 Å². The zero-order valence-electron chi connectivity index (χ0n) is 18.1. The topological polar surface area (TPSA) is 63.5 Å². The summed E-state index contributed by atoms with van der Waals surface area (Å²) in [7, 11) is 1.69. The fraction of sp³-hybridized carbons (Fsp3) is 0.375. The number of nitrogens with zero attached hydrogens (tertiary/aromatic N) is 5. The summed E-state index contributed by atoms with van der Waals surface area (Å²) in [5.74, 6) is 0.00264. The number of pyridine rings is 1. The number of hydrogen-bond acceptors (Lipinski definition) is 6. The summed E-state index contributed by atoms with van der Waals surface area (Å²) >= 11 is 0. The Morgan fingerprint density at radius 1 is 1.06 bits per heavy atom. The quantitative estimate of drug-likeness (QED) is 0.627. The molecule has 0 bridgehead atoms. The van der Waals surface area contributed by atoms with Crippen LogP contribution in [0.25, 0.3) is 11.3 Å². The van der Waals surface area contributed by atoms with E-state index in [1.165, 1.54) is 41.4 Å². The normalized spacial score (nSPS) is 18.9. The van der Waals surface area contributed by atoms with Crippen LogP contribution in [-0.2, 0) is 11.8 Å². The Morgan fingerprint density at radius 2 is 1.84 bits per heavy atom. The minimum atomic E-state index is -0.503. The molecule has 0 spiro atoms. The zero-order chi connectivity index (χ0) is 22.1. The van der Waals surface area contributed by atoms with Crippen LogP contribution in [0.15, 0.2) is 53.6 Å². The minimum absolute atomic E-state index is 0.130. The van der Waals surface area contributed by atoms with Crippen LogP contribution in [0.5, 0.6) is 0 Å². The van der Waals surface area contributed by atoms with Crippen molar-refractivity contribution < 1.29 is 9.13 Å². The molecule has 2 aliphatic rings. The molecule has 166 valence electrons. The first-order valence-electron chi connectivity index (χ1n) is 11.0. The van der Waals surface area contributed by atoms with E-state index < -0.39 is 5.82 Å². The van der Waals surface area contributed by atoms with Gasteiger partial charge in [0.05, 0.1) is 25.0 Å². The SMILES string of the molecule is Cn1c(N2CCO[C@@H](c3ccc(N4CCCC4)cc3)C2)nc(-c2ccncc2F)cc1=O. The molecule has 32 heavy (non-hydrogen) atoms. The number of anilines is 2. The van der Waals surface area contributed by atoms with Gasteiger partial charge < -0.3 is 14.5 Å². The Morgan fingerprint density at radius 3 is 2.59 bits per heavy atom. The Labute approximate surface area is 186 Å². The molecule has 0 aliphatic carbocycles. The van der Waals surface area contributed by atoms with Crippen molar-refractivity contribution in [3.05, 3.63) is 70.5 Å². The van der Waals surface area contributed by atoms with E-state index in [2.05, 4.69) is 39.1 Å². The number of aromatic nitrogens is 3. The summed E-state index contributed by atoms with van der Waals surface area (Å²) in [6.07, 6.45) is 4.99. The highest BCUT2D eigenvalue weighted by molar-refractivity contribution is 5.60. The van der Waals surface area contributed by atoms with Crippen LogP contribution in [-0.4, -0.2) is 47.3 Å².